The van der Waals surface area contributed by atoms with Gasteiger partial charge in [-0.2, -0.15) is 0 Å². The third-order valence-electron chi connectivity index (χ3n) is 4.42. The van der Waals surface area contributed by atoms with E-state index < -0.39 is 0 Å². The van der Waals surface area contributed by atoms with E-state index in [1.54, 1.807) is 0 Å². The van der Waals surface area contributed by atoms with Crippen molar-refractivity contribution in [2.45, 2.75) is 44.8 Å². The number of hydrogen-bond acceptors (Lipinski definition) is 2. The lowest BCUT2D eigenvalue weighted by Gasteiger charge is -2.43. The van der Waals surface area contributed by atoms with Gasteiger partial charge in [0.05, 0.1) is 18.8 Å². The zero-order valence-corrected chi connectivity index (χ0v) is 13.9. The minimum atomic E-state index is -0.00838. The van der Waals surface area contributed by atoms with E-state index >= 15 is 0 Å². The quantitative estimate of drug-likeness (QED) is 0.831. The number of urea groups is 1. The van der Waals surface area contributed by atoms with Gasteiger partial charge in [-0.25, -0.2) is 4.79 Å². The third kappa shape index (κ3) is 3.24. The first kappa shape index (κ1) is 14.9. The first-order chi connectivity index (χ1) is 10.1. The average Bonchev–Trinajstić information content (AvgIpc) is 2.50. The Morgan fingerprint density at radius 3 is 3.00 bits per heavy atom. The second kappa shape index (κ2) is 6.36. The normalized spacial score (nSPS) is 25.3. The maximum atomic E-state index is 12.6. The van der Waals surface area contributed by atoms with Crippen molar-refractivity contribution in [1.29, 1.82) is 0 Å². The van der Waals surface area contributed by atoms with Crippen LogP contribution in [0.25, 0.3) is 0 Å². The van der Waals surface area contributed by atoms with Crippen LogP contribution in [0, 0.1) is 6.92 Å². The molecule has 1 heterocycles. The molecule has 1 aromatic rings. The van der Waals surface area contributed by atoms with Gasteiger partial charge in [-0.15, -0.1) is 0 Å². The maximum absolute atomic E-state index is 12.6. The number of anilines is 1. The van der Waals surface area contributed by atoms with Gasteiger partial charge in [0.15, 0.2) is 0 Å². The van der Waals surface area contributed by atoms with Gasteiger partial charge >= 0.3 is 6.03 Å². The molecule has 2 fully saturated rings. The van der Waals surface area contributed by atoms with Crippen LogP contribution >= 0.6 is 15.9 Å². The molecule has 1 aliphatic heterocycles. The molecule has 4 nitrogen and oxygen atoms in total. The molecule has 3 rings (SSSR count). The monoisotopic (exact) mass is 352 g/mol. The van der Waals surface area contributed by atoms with Gasteiger partial charge in [-0.05, 0) is 37.5 Å². The fourth-order valence-electron chi connectivity index (χ4n) is 3.21. The fourth-order valence-corrected chi connectivity index (χ4v) is 3.59. The number of ether oxygens (including phenoxy) is 1. The van der Waals surface area contributed by atoms with Crippen molar-refractivity contribution in [2.75, 3.05) is 18.5 Å². The van der Waals surface area contributed by atoms with Crippen LogP contribution in [0.5, 0.6) is 0 Å². The standard InChI is InChI=1S/C16H21BrN2O2/c1-11-6-7-12(10-13(11)17)18-16(20)19-8-9-21-15-5-3-2-4-14(15)19/h6-7,10,14-15H,2-5,8-9H2,1H3,(H,18,20). The summed E-state index contributed by atoms with van der Waals surface area (Å²) in [5.41, 5.74) is 1.99. The van der Waals surface area contributed by atoms with Crippen molar-refractivity contribution in [3.05, 3.63) is 28.2 Å². The van der Waals surface area contributed by atoms with E-state index in [9.17, 15) is 4.79 Å². The summed E-state index contributed by atoms with van der Waals surface area (Å²) >= 11 is 3.50. The van der Waals surface area contributed by atoms with Crippen LogP contribution in [-0.4, -0.2) is 36.2 Å². The number of amides is 2. The Hall–Kier alpha value is -1.07. The Bertz CT molecular complexity index is 533. The molecule has 0 radical (unpaired) electrons. The van der Waals surface area contributed by atoms with E-state index in [1.165, 1.54) is 12.8 Å². The predicted octanol–water partition coefficient (Wildman–Crippen LogP) is 3.93. The summed E-state index contributed by atoms with van der Waals surface area (Å²) in [6.45, 7) is 3.36. The van der Waals surface area contributed by atoms with Crippen LogP contribution in [0.1, 0.15) is 31.2 Å². The van der Waals surface area contributed by atoms with Crippen molar-refractivity contribution in [3.63, 3.8) is 0 Å². The van der Waals surface area contributed by atoms with Crippen molar-refractivity contribution < 1.29 is 9.53 Å². The van der Waals surface area contributed by atoms with Crippen LogP contribution in [0.4, 0.5) is 10.5 Å². The number of rotatable bonds is 1. The van der Waals surface area contributed by atoms with Gasteiger partial charge in [-0.1, -0.05) is 34.8 Å². The topological polar surface area (TPSA) is 41.6 Å². The molecule has 0 bridgehead atoms. The molecule has 1 aliphatic carbocycles. The lowest BCUT2D eigenvalue weighted by molar-refractivity contribution is -0.0694. The zero-order valence-electron chi connectivity index (χ0n) is 12.3. The predicted molar refractivity (Wildman–Crippen MR) is 86.6 cm³/mol. The number of carbonyl (C=O) groups excluding carboxylic acids is 1. The van der Waals surface area contributed by atoms with Gasteiger partial charge in [0.25, 0.3) is 0 Å². The molecule has 5 heteroatoms. The summed E-state index contributed by atoms with van der Waals surface area (Å²) in [6, 6.07) is 6.12. The molecule has 21 heavy (non-hydrogen) atoms. The largest absolute Gasteiger partial charge is 0.374 e. The molecule has 1 saturated carbocycles. The Labute approximate surface area is 134 Å². The number of benzene rings is 1. The van der Waals surface area contributed by atoms with Crippen LogP contribution in [-0.2, 0) is 4.74 Å². The molecule has 2 unspecified atom stereocenters. The minimum Gasteiger partial charge on any atom is -0.374 e. The summed E-state index contributed by atoms with van der Waals surface area (Å²) in [5.74, 6) is 0. The number of carbonyl (C=O) groups is 1. The lowest BCUT2D eigenvalue weighted by Crippen LogP contribution is -2.55. The summed E-state index contributed by atoms with van der Waals surface area (Å²) in [7, 11) is 0. The van der Waals surface area contributed by atoms with E-state index in [4.69, 9.17) is 4.74 Å². The molecule has 2 aliphatic rings. The van der Waals surface area contributed by atoms with Gasteiger partial charge in [-0.3, -0.25) is 0 Å². The highest BCUT2D eigenvalue weighted by molar-refractivity contribution is 9.10. The second-order valence-electron chi connectivity index (χ2n) is 5.85. The number of morpholine rings is 1. The summed E-state index contributed by atoms with van der Waals surface area (Å²) in [5, 5.41) is 3.01. The van der Waals surface area contributed by atoms with Crippen molar-refractivity contribution in [2.24, 2.45) is 0 Å². The molecule has 114 valence electrons. The number of nitrogens with zero attached hydrogens (tertiary/aromatic N) is 1. The third-order valence-corrected chi connectivity index (χ3v) is 5.27. The van der Waals surface area contributed by atoms with Crippen LogP contribution in [0.2, 0.25) is 0 Å². The summed E-state index contributed by atoms with van der Waals surface area (Å²) in [4.78, 5) is 14.5. The smallest absolute Gasteiger partial charge is 0.322 e. The van der Waals surface area contributed by atoms with E-state index in [-0.39, 0.29) is 18.2 Å². The number of hydrogen-bond donors (Lipinski definition) is 1. The maximum Gasteiger partial charge on any atom is 0.322 e. The van der Waals surface area contributed by atoms with Crippen LogP contribution in [0.3, 0.4) is 0 Å². The minimum absolute atomic E-state index is 0.00838. The second-order valence-corrected chi connectivity index (χ2v) is 6.70. The highest BCUT2D eigenvalue weighted by Gasteiger charge is 2.36. The first-order valence-electron chi connectivity index (χ1n) is 7.60. The van der Waals surface area contributed by atoms with E-state index in [1.807, 2.05) is 30.0 Å². The first-order valence-corrected chi connectivity index (χ1v) is 8.40. The summed E-state index contributed by atoms with van der Waals surface area (Å²) in [6.07, 6.45) is 4.74. The number of fused-ring (bicyclic) bond motifs is 1. The number of nitrogens with one attached hydrogen (secondary N) is 1. The van der Waals surface area contributed by atoms with Crippen LogP contribution in [0.15, 0.2) is 22.7 Å². The SMILES string of the molecule is Cc1ccc(NC(=O)N2CCOC3CCCCC32)cc1Br. The molecule has 2 amide bonds. The van der Waals surface area contributed by atoms with E-state index in [0.29, 0.717) is 13.2 Å². The molecule has 2 atom stereocenters. The van der Waals surface area contributed by atoms with Gasteiger partial charge in [0, 0.05) is 16.7 Å². The number of aryl methyl sites for hydroxylation is 1. The van der Waals surface area contributed by atoms with Crippen molar-refractivity contribution in [1.82, 2.24) is 4.90 Å². The van der Waals surface area contributed by atoms with Crippen LogP contribution < -0.4 is 5.32 Å². The zero-order chi connectivity index (χ0) is 14.8. The highest BCUT2D eigenvalue weighted by Crippen LogP contribution is 2.29. The van der Waals surface area contributed by atoms with Gasteiger partial charge in [0.1, 0.15) is 0 Å². The Morgan fingerprint density at radius 2 is 2.19 bits per heavy atom. The van der Waals surface area contributed by atoms with Crippen molar-refractivity contribution in [3.8, 4) is 0 Å². The molecule has 1 saturated heterocycles. The number of halogens is 1. The fraction of sp³-hybridized carbons (Fsp3) is 0.562. The molecule has 1 aromatic carbocycles. The Morgan fingerprint density at radius 1 is 1.38 bits per heavy atom. The summed E-state index contributed by atoms with van der Waals surface area (Å²) < 4.78 is 6.83. The lowest BCUT2D eigenvalue weighted by atomic mass is 9.90. The molecule has 1 N–H and O–H groups in total. The highest BCUT2D eigenvalue weighted by atomic mass is 79.9. The van der Waals surface area contributed by atoms with Gasteiger partial charge < -0.3 is 15.0 Å². The van der Waals surface area contributed by atoms with E-state index in [2.05, 4.69) is 21.2 Å². The van der Waals surface area contributed by atoms with Gasteiger partial charge in [0.2, 0.25) is 0 Å². The molecule has 0 aromatic heterocycles. The molecule has 0 spiro atoms. The van der Waals surface area contributed by atoms with Crippen molar-refractivity contribution >= 4 is 27.6 Å². The Kier molecular flexibility index (Phi) is 4.50. The molecular formula is C16H21BrN2O2. The Balaban J connectivity index is 1.70. The van der Waals surface area contributed by atoms with E-state index in [0.717, 1.165) is 28.6 Å². The average molecular weight is 353 g/mol. The molecular weight excluding hydrogens is 332 g/mol.